The van der Waals surface area contributed by atoms with Crippen LogP contribution < -0.4 is 14.8 Å². The molecule has 1 aromatic heterocycles. The second kappa shape index (κ2) is 6.10. The average Bonchev–Trinajstić information content (AvgIpc) is 2.89. The van der Waals surface area contributed by atoms with E-state index in [0.717, 1.165) is 5.56 Å². The number of carbonyl (C=O) groups is 1. The van der Waals surface area contributed by atoms with Crippen molar-refractivity contribution in [2.75, 3.05) is 14.2 Å². The number of benzene rings is 1. The zero-order chi connectivity index (χ0) is 14.5. The van der Waals surface area contributed by atoms with Crippen LogP contribution >= 0.6 is 0 Å². The Morgan fingerprint density at radius 1 is 1.30 bits per heavy atom. The van der Waals surface area contributed by atoms with E-state index in [0.29, 0.717) is 23.6 Å². The maximum atomic E-state index is 12.3. The summed E-state index contributed by atoms with van der Waals surface area (Å²) in [5.74, 6) is 0.712. The van der Waals surface area contributed by atoms with Crippen LogP contribution in [0.15, 0.2) is 30.6 Å². The van der Waals surface area contributed by atoms with Gasteiger partial charge in [0.15, 0.2) is 0 Å². The van der Waals surface area contributed by atoms with Crippen LogP contribution in [0.2, 0.25) is 0 Å². The maximum absolute atomic E-state index is 12.3. The number of hydrogen-bond acceptors (Lipinski definition) is 4. The Kier molecular flexibility index (Phi) is 4.24. The number of carbonyl (C=O) groups excluding carboxylic acids is 1. The van der Waals surface area contributed by atoms with Gasteiger partial charge < -0.3 is 14.8 Å². The lowest BCUT2D eigenvalue weighted by Crippen LogP contribution is -2.23. The summed E-state index contributed by atoms with van der Waals surface area (Å²) in [5, 5.41) is 6.88. The number of nitrogens with one attached hydrogen (secondary N) is 1. The first kappa shape index (κ1) is 13.9. The SMILES string of the molecule is COc1cccc(OC)c1C(=O)NCc1cnn(C)c1. The summed E-state index contributed by atoms with van der Waals surface area (Å²) in [6, 6.07) is 5.22. The molecule has 0 unspecified atom stereocenters. The van der Waals surface area contributed by atoms with E-state index >= 15 is 0 Å². The third-order valence-corrected chi connectivity index (χ3v) is 2.87. The third kappa shape index (κ3) is 2.90. The summed E-state index contributed by atoms with van der Waals surface area (Å²) in [6.45, 7) is 0.397. The molecule has 1 amide bonds. The van der Waals surface area contributed by atoms with E-state index in [-0.39, 0.29) is 5.91 Å². The van der Waals surface area contributed by atoms with Crippen LogP contribution in [-0.2, 0) is 13.6 Å². The lowest BCUT2D eigenvalue weighted by Gasteiger charge is -2.12. The average molecular weight is 275 g/mol. The number of nitrogens with zero attached hydrogens (tertiary/aromatic N) is 2. The maximum Gasteiger partial charge on any atom is 0.259 e. The highest BCUT2D eigenvalue weighted by atomic mass is 16.5. The first-order chi connectivity index (χ1) is 9.65. The molecule has 6 nitrogen and oxygen atoms in total. The van der Waals surface area contributed by atoms with Gasteiger partial charge in [-0.2, -0.15) is 5.10 Å². The second-order valence-corrected chi connectivity index (χ2v) is 4.24. The fourth-order valence-corrected chi connectivity index (χ4v) is 1.91. The first-order valence-electron chi connectivity index (χ1n) is 6.12. The van der Waals surface area contributed by atoms with Gasteiger partial charge in [0.1, 0.15) is 17.1 Å². The lowest BCUT2D eigenvalue weighted by molar-refractivity contribution is 0.0944. The monoisotopic (exact) mass is 275 g/mol. The van der Waals surface area contributed by atoms with E-state index in [4.69, 9.17) is 9.47 Å². The number of ether oxygens (including phenoxy) is 2. The number of aromatic nitrogens is 2. The Bertz CT molecular complexity index is 585. The summed E-state index contributed by atoms with van der Waals surface area (Å²) in [5.41, 5.74) is 1.32. The van der Waals surface area contributed by atoms with Crippen LogP contribution in [0.3, 0.4) is 0 Å². The summed E-state index contributed by atoms with van der Waals surface area (Å²) >= 11 is 0. The third-order valence-electron chi connectivity index (χ3n) is 2.87. The van der Waals surface area contributed by atoms with E-state index < -0.39 is 0 Å². The van der Waals surface area contributed by atoms with Crippen LogP contribution in [0.5, 0.6) is 11.5 Å². The van der Waals surface area contributed by atoms with Gasteiger partial charge in [-0.1, -0.05) is 6.07 Å². The summed E-state index contributed by atoms with van der Waals surface area (Å²) in [4.78, 5) is 12.3. The minimum atomic E-state index is -0.247. The van der Waals surface area contributed by atoms with Crippen molar-refractivity contribution in [3.63, 3.8) is 0 Å². The van der Waals surface area contributed by atoms with Crippen molar-refractivity contribution in [2.24, 2.45) is 7.05 Å². The van der Waals surface area contributed by atoms with Crippen LogP contribution in [0, 0.1) is 0 Å². The number of hydrogen-bond donors (Lipinski definition) is 1. The zero-order valence-corrected chi connectivity index (χ0v) is 11.7. The quantitative estimate of drug-likeness (QED) is 0.895. The molecule has 20 heavy (non-hydrogen) atoms. The Hall–Kier alpha value is -2.50. The molecule has 0 radical (unpaired) electrons. The minimum absolute atomic E-state index is 0.247. The molecular formula is C14H17N3O3. The summed E-state index contributed by atoms with van der Waals surface area (Å²) < 4.78 is 12.1. The van der Waals surface area contributed by atoms with Crippen LogP contribution in [0.4, 0.5) is 0 Å². The topological polar surface area (TPSA) is 65.4 Å². The van der Waals surface area contributed by atoms with Crippen molar-refractivity contribution in [2.45, 2.75) is 6.54 Å². The number of methoxy groups -OCH3 is 2. The predicted octanol–water partition coefficient (Wildman–Crippen LogP) is 1.37. The Morgan fingerprint density at radius 2 is 1.95 bits per heavy atom. The molecule has 0 spiro atoms. The number of aryl methyl sites for hydroxylation is 1. The molecule has 1 heterocycles. The highest BCUT2D eigenvalue weighted by Crippen LogP contribution is 2.27. The van der Waals surface area contributed by atoms with Crippen molar-refractivity contribution in [3.05, 3.63) is 41.7 Å². The van der Waals surface area contributed by atoms with Gasteiger partial charge in [-0.05, 0) is 12.1 Å². The molecule has 0 aliphatic carbocycles. The minimum Gasteiger partial charge on any atom is -0.496 e. The Morgan fingerprint density at radius 3 is 2.45 bits per heavy atom. The normalized spacial score (nSPS) is 10.2. The largest absolute Gasteiger partial charge is 0.496 e. The molecule has 106 valence electrons. The first-order valence-corrected chi connectivity index (χ1v) is 6.12. The molecule has 1 N–H and O–H groups in total. The van der Waals surface area contributed by atoms with E-state index in [9.17, 15) is 4.79 Å². The molecule has 0 atom stereocenters. The lowest BCUT2D eigenvalue weighted by atomic mass is 10.1. The molecule has 0 saturated heterocycles. The van der Waals surface area contributed by atoms with Gasteiger partial charge in [-0.3, -0.25) is 9.48 Å². The standard InChI is InChI=1S/C14H17N3O3/c1-17-9-10(8-16-17)7-15-14(18)13-11(19-2)5-4-6-12(13)20-3/h4-6,8-9H,7H2,1-3H3,(H,15,18). The molecule has 2 rings (SSSR count). The van der Waals surface area contributed by atoms with Crippen molar-refractivity contribution >= 4 is 5.91 Å². The van der Waals surface area contributed by atoms with Crippen molar-refractivity contribution < 1.29 is 14.3 Å². The van der Waals surface area contributed by atoms with Gasteiger partial charge in [0.05, 0.1) is 20.4 Å². The molecule has 0 aliphatic rings. The highest BCUT2D eigenvalue weighted by molar-refractivity contribution is 5.99. The zero-order valence-electron chi connectivity index (χ0n) is 11.7. The molecule has 0 saturated carbocycles. The summed E-state index contributed by atoms with van der Waals surface area (Å²) in [7, 11) is 4.87. The van der Waals surface area contributed by atoms with E-state index in [1.54, 1.807) is 29.1 Å². The Balaban J connectivity index is 2.16. The van der Waals surface area contributed by atoms with Crippen LogP contribution in [-0.4, -0.2) is 29.9 Å². The number of amides is 1. The van der Waals surface area contributed by atoms with Gasteiger partial charge in [-0.25, -0.2) is 0 Å². The van der Waals surface area contributed by atoms with Crippen LogP contribution in [0.1, 0.15) is 15.9 Å². The van der Waals surface area contributed by atoms with Gasteiger partial charge in [-0.15, -0.1) is 0 Å². The molecule has 1 aromatic carbocycles. The van der Waals surface area contributed by atoms with E-state index in [2.05, 4.69) is 10.4 Å². The highest BCUT2D eigenvalue weighted by Gasteiger charge is 2.17. The molecule has 6 heteroatoms. The molecular weight excluding hydrogens is 258 g/mol. The molecule has 0 aliphatic heterocycles. The summed E-state index contributed by atoms with van der Waals surface area (Å²) in [6.07, 6.45) is 3.56. The van der Waals surface area contributed by atoms with Gasteiger partial charge in [0.25, 0.3) is 5.91 Å². The fourth-order valence-electron chi connectivity index (χ4n) is 1.91. The van der Waals surface area contributed by atoms with E-state index in [1.165, 1.54) is 14.2 Å². The van der Waals surface area contributed by atoms with Crippen molar-refractivity contribution in [1.82, 2.24) is 15.1 Å². The molecule has 0 bridgehead atoms. The van der Waals surface area contributed by atoms with Gasteiger partial charge in [0, 0.05) is 25.4 Å². The van der Waals surface area contributed by atoms with E-state index in [1.807, 2.05) is 13.2 Å². The van der Waals surface area contributed by atoms with Crippen LogP contribution in [0.25, 0.3) is 0 Å². The fraction of sp³-hybridized carbons (Fsp3) is 0.286. The van der Waals surface area contributed by atoms with Gasteiger partial charge >= 0.3 is 0 Å². The van der Waals surface area contributed by atoms with Gasteiger partial charge in [0.2, 0.25) is 0 Å². The molecule has 0 fully saturated rings. The van der Waals surface area contributed by atoms with Crippen molar-refractivity contribution in [3.8, 4) is 11.5 Å². The molecule has 2 aromatic rings. The Labute approximate surface area is 117 Å². The predicted molar refractivity (Wildman–Crippen MR) is 73.9 cm³/mol. The van der Waals surface area contributed by atoms with Crippen molar-refractivity contribution in [1.29, 1.82) is 0 Å². The second-order valence-electron chi connectivity index (χ2n) is 4.24. The number of rotatable bonds is 5. The smallest absolute Gasteiger partial charge is 0.259 e.